The first-order valence-corrected chi connectivity index (χ1v) is 10.1. The van der Waals surface area contributed by atoms with E-state index in [-0.39, 0.29) is 18.3 Å². The van der Waals surface area contributed by atoms with Gasteiger partial charge < -0.3 is 20.1 Å². The number of nitrogens with one attached hydrogen (secondary N) is 2. The second kappa shape index (κ2) is 9.44. The number of fused-ring (bicyclic) bond motifs is 1. The Labute approximate surface area is 169 Å². The van der Waals surface area contributed by atoms with Crippen molar-refractivity contribution in [3.05, 3.63) is 35.2 Å². The van der Waals surface area contributed by atoms with E-state index in [9.17, 15) is 4.79 Å². The van der Waals surface area contributed by atoms with Crippen LogP contribution in [-0.2, 0) is 0 Å². The molecule has 0 spiro atoms. The van der Waals surface area contributed by atoms with E-state index >= 15 is 0 Å². The van der Waals surface area contributed by atoms with Crippen LogP contribution < -0.4 is 20.1 Å². The minimum atomic E-state index is 0. The zero-order chi connectivity index (χ0) is 17.8. The van der Waals surface area contributed by atoms with Crippen LogP contribution in [0, 0.1) is 5.92 Å². The third-order valence-corrected chi connectivity index (χ3v) is 6.03. The Bertz CT molecular complexity index is 774. The number of amides is 1. The molecule has 2 aliphatic rings. The lowest BCUT2D eigenvalue weighted by molar-refractivity contribution is 0.0954. The number of hydrogen-bond acceptors (Lipinski definition) is 5. The number of ether oxygens (including phenoxy) is 2. The lowest BCUT2D eigenvalue weighted by atomic mass is 9.96. The van der Waals surface area contributed by atoms with Gasteiger partial charge in [0.15, 0.2) is 11.5 Å². The third kappa shape index (κ3) is 4.94. The van der Waals surface area contributed by atoms with Crippen molar-refractivity contribution in [2.24, 2.45) is 5.92 Å². The van der Waals surface area contributed by atoms with E-state index in [1.807, 2.05) is 30.3 Å². The topological polar surface area (TPSA) is 59.6 Å². The summed E-state index contributed by atoms with van der Waals surface area (Å²) >= 11 is 1.51. The fourth-order valence-corrected chi connectivity index (χ4v) is 4.38. The van der Waals surface area contributed by atoms with Crippen molar-refractivity contribution in [2.45, 2.75) is 19.3 Å². The van der Waals surface area contributed by atoms with Crippen LogP contribution >= 0.6 is 23.7 Å². The average molecular weight is 409 g/mol. The quantitative estimate of drug-likeness (QED) is 0.791. The number of piperidine rings is 1. The molecule has 7 heteroatoms. The number of rotatable bonds is 5. The zero-order valence-electron chi connectivity index (χ0n) is 15.2. The molecule has 2 aliphatic heterocycles. The van der Waals surface area contributed by atoms with Crippen LogP contribution in [0.15, 0.2) is 30.3 Å². The van der Waals surface area contributed by atoms with Crippen molar-refractivity contribution in [3.8, 4) is 21.9 Å². The van der Waals surface area contributed by atoms with E-state index in [0.717, 1.165) is 52.9 Å². The van der Waals surface area contributed by atoms with Crippen molar-refractivity contribution in [2.75, 3.05) is 32.8 Å². The average Bonchev–Trinajstić information content (AvgIpc) is 3.19. The third-order valence-electron chi connectivity index (χ3n) is 4.89. The van der Waals surface area contributed by atoms with Gasteiger partial charge in [-0.3, -0.25) is 4.79 Å². The Balaban J connectivity index is 0.00000210. The van der Waals surface area contributed by atoms with Crippen LogP contribution in [-0.4, -0.2) is 38.8 Å². The molecule has 1 saturated heterocycles. The molecule has 27 heavy (non-hydrogen) atoms. The first kappa shape index (κ1) is 20.0. The smallest absolute Gasteiger partial charge is 0.261 e. The van der Waals surface area contributed by atoms with Gasteiger partial charge in [-0.05, 0) is 74.2 Å². The SMILES string of the molecule is Cl.O=C(NCCC1CCCNC1)c1ccc(-c2ccc3c(c2)OCCO3)s1. The molecule has 0 bridgehead atoms. The summed E-state index contributed by atoms with van der Waals surface area (Å²) in [6, 6.07) is 9.82. The van der Waals surface area contributed by atoms with Crippen LogP contribution in [0.4, 0.5) is 0 Å². The summed E-state index contributed by atoms with van der Waals surface area (Å²) in [5, 5.41) is 6.48. The Morgan fingerprint density at radius 2 is 2.04 bits per heavy atom. The summed E-state index contributed by atoms with van der Waals surface area (Å²) in [4.78, 5) is 14.2. The Morgan fingerprint density at radius 1 is 1.19 bits per heavy atom. The van der Waals surface area contributed by atoms with Gasteiger partial charge in [0.1, 0.15) is 13.2 Å². The minimum Gasteiger partial charge on any atom is -0.486 e. The standard InChI is InChI=1S/C20H24N2O3S.ClH/c23-20(22-9-7-14-2-1-8-21-13-14)19-6-5-18(26-19)15-3-4-16-17(12-15)25-11-10-24-16;/h3-6,12,14,21H,1-2,7-11,13H2,(H,22,23);1H. The molecule has 146 valence electrons. The highest BCUT2D eigenvalue weighted by Gasteiger charge is 2.16. The molecule has 0 radical (unpaired) electrons. The van der Waals surface area contributed by atoms with Crippen molar-refractivity contribution in [1.82, 2.24) is 10.6 Å². The van der Waals surface area contributed by atoms with Crippen molar-refractivity contribution in [3.63, 3.8) is 0 Å². The normalized spacial score (nSPS) is 18.4. The van der Waals surface area contributed by atoms with E-state index in [1.165, 1.54) is 24.2 Å². The summed E-state index contributed by atoms with van der Waals surface area (Å²) in [5.41, 5.74) is 1.05. The molecule has 5 nitrogen and oxygen atoms in total. The molecular weight excluding hydrogens is 384 g/mol. The molecule has 0 aliphatic carbocycles. The maximum atomic E-state index is 12.4. The molecule has 4 rings (SSSR count). The van der Waals surface area contributed by atoms with Gasteiger partial charge in [0.2, 0.25) is 0 Å². The molecule has 1 atom stereocenters. The highest BCUT2D eigenvalue weighted by Crippen LogP contribution is 2.36. The lowest BCUT2D eigenvalue weighted by Crippen LogP contribution is -2.33. The second-order valence-corrected chi connectivity index (χ2v) is 7.86. The van der Waals surface area contributed by atoms with Gasteiger partial charge in [0.05, 0.1) is 4.88 Å². The number of halogens is 1. The monoisotopic (exact) mass is 408 g/mol. The molecule has 1 aromatic heterocycles. The van der Waals surface area contributed by atoms with Crippen LogP contribution in [0.3, 0.4) is 0 Å². The largest absolute Gasteiger partial charge is 0.486 e. The number of carbonyl (C=O) groups is 1. The van der Waals surface area contributed by atoms with E-state index in [2.05, 4.69) is 10.6 Å². The fraction of sp³-hybridized carbons (Fsp3) is 0.450. The van der Waals surface area contributed by atoms with Gasteiger partial charge in [0.25, 0.3) is 5.91 Å². The fourth-order valence-electron chi connectivity index (χ4n) is 3.46. The van der Waals surface area contributed by atoms with Gasteiger partial charge in [-0.25, -0.2) is 0 Å². The zero-order valence-corrected chi connectivity index (χ0v) is 16.8. The second-order valence-electron chi connectivity index (χ2n) is 6.78. The number of carbonyl (C=O) groups excluding carboxylic acids is 1. The van der Waals surface area contributed by atoms with Crippen LogP contribution in [0.25, 0.3) is 10.4 Å². The first-order chi connectivity index (χ1) is 12.8. The summed E-state index contributed by atoms with van der Waals surface area (Å²) in [5.74, 6) is 2.25. The molecule has 3 heterocycles. The minimum absolute atomic E-state index is 0. The summed E-state index contributed by atoms with van der Waals surface area (Å²) < 4.78 is 11.2. The van der Waals surface area contributed by atoms with E-state index in [0.29, 0.717) is 19.1 Å². The van der Waals surface area contributed by atoms with Gasteiger partial charge in [-0.2, -0.15) is 0 Å². The number of thiophene rings is 1. The molecule has 1 fully saturated rings. The Morgan fingerprint density at radius 3 is 2.85 bits per heavy atom. The van der Waals surface area contributed by atoms with E-state index in [4.69, 9.17) is 9.47 Å². The summed E-state index contributed by atoms with van der Waals surface area (Å²) in [7, 11) is 0. The van der Waals surface area contributed by atoms with Crippen molar-refractivity contribution >= 4 is 29.7 Å². The molecule has 1 aromatic carbocycles. The Hall–Kier alpha value is -1.76. The molecular formula is C20H25ClN2O3S. The van der Waals surface area contributed by atoms with E-state index < -0.39 is 0 Å². The van der Waals surface area contributed by atoms with Gasteiger partial charge in [-0.15, -0.1) is 23.7 Å². The van der Waals surface area contributed by atoms with Gasteiger partial charge >= 0.3 is 0 Å². The summed E-state index contributed by atoms with van der Waals surface area (Å²) in [6.07, 6.45) is 3.54. The van der Waals surface area contributed by atoms with E-state index in [1.54, 1.807) is 0 Å². The molecule has 0 saturated carbocycles. The molecule has 2 N–H and O–H groups in total. The van der Waals surface area contributed by atoms with Gasteiger partial charge in [0, 0.05) is 11.4 Å². The highest BCUT2D eigenvalue weighted by molar-refractivity contribution is 7.17. The van der Waals surface area contributed by atoms with Gasteiger partial charge in [-0.1, -0.05) is 0 Å². The highest BCUT2D eigenvalue weighted by atomic mass is 35.5. The Kier molecular flexibility index (Phi) is 6.99. The van der Waals surface area contributed by atoms with Crippen LogP contribution in [0.2, 0.25) is 0 Å². The van der Waals surface area contributed by atoms with Crippen LogP contribution in [0.1, 0.15) is 28.9 Å². The van der Waals surface area contributed by atoms with Crippen molar-refractivity contribution in [1.29, 1.82) is 0 Å². The maximum absolute atomic E-state index is 12.4. The number of hydrogen-bond donors (Lipinski definition) is 2. The predicted molar refractivity (Wildman–Crippen MR) is 111 cm³/mol. The van der Waals surface area contributed by atoms with Crippen molar-refractivity contribution < 1.29 is 14.3 Å². The maximum Gasteiger partial charge on any atom is 0.261 e. The first-order valence-electron chi connectivity index (χ1n) is 9.28. The van der Waals surface area contributed by atoms with Crippen LogP contribution in [0.5, 0.6) is 11.5 Å². The molecule has 1 unspecified atom stereocenters. The summed E-state index contributed by atoms with van der Waals surface area (Å²) in [6.45, 7) is 4.10. The molecule has 2 aromatic rings. The predicted octanol–water partition coefficient (Wildman–Crippen LogP) is 3.73. The number of benzene rings is 1. The lowest BCUT2D eigenvalue weighted by Gasteiger charge is -2.22. The molecule has 1 amide bonds.